The zero-order valence-corrected chi connectivity index (χ0v) is 15.1. The lowest BCUT2D eigenvalue weighted by Gasteiger charge is -2.14. The molecule has 0 fully saturated rings. The molecule has 0 aliphatic rings. The molecule has 0 aliphatic carbocycles. The molecule has 5 heteroatoms. The fraction of sp³-hybridized carbons (Fsp3) is 0.300. The number of carbonyl (C=O) groups excluding carboxylic acids is 1. The van der Waals surface area contributed by atoms with Crippen LogP contribution in [0.5, 0.6) is 5.75 Å². The van der Waals surface area contributed by atoms with Gasteiger partial charge >= 0.3 is 0 Å². The Morgan fingerprint density at radius 1 is 1.12 bits per heavy atom. The van der Waals surface area contributed by atoms with Gasteiger partial charge in [0.1, 0.15) is 19.5 Å². The van der Waals surface area contributed by atoms with Crippen molar-refractivity contribution in [2.24, 2.45) is 5.16 Å². The third kappa shape index (κ3) is 4.59. The van der Waals surface area contributed by atoms with Gasteiger partial charge in [-0.05, 0) is 43.5 Å². The van der Waals surface area contributed by atoms with Gasteiger partial charge in [0.05, 0.1) is 0 Å². The van der Waals surface area contributed by atoms with Crippen LogP contribution in [-0.4, -0.2) is 25.3 Å². The van der Waals surface area contributed by atoms with Crippen molar-refractivity contribution in [2.75, 3.05) is 13.7 Å². The van der Waals surface area contributed by atoms with Crippen molar-refractivity contribution in [1.82, 2.24) is 5.32 Å². The molecule has 2 aromatic carbocycles. The highest BCUT2D eigenvalue weighted by atomic mass is 16.6. The van der Waals surface area contributed by atoms with Gasteiger partial charge < -0.3 is 14.9 Å². The second-order valence-electron chi connectivity index (χ2n) is 5.63. The Morgan fingerprint density at radius 3 is 2.60 bits per heavy atom. The van der Waals surface area contributed by atoms with Gasteiger partial charge in [0.15, 0.2) is 5.71 Å². The third-order valence-electron chi connectivity index (χ3n) is 3.95. The van der Waals surface area contributed by atoms with Crippen molar-refractivity contribution in [1.29, 1.82) is 0 Å². The van der Waals surface area contributed by atoms with Gasteiger partial charge in [-0.1, -0.05) is 41.6 Å². The minimum absolute atomic E-state index is 0.240. The summed E-state index contributed by atoms with van der Waals surface area (Å²) in [5.41, 5.74) is 4.08. The van der Waals surface area contributed by atoms with E-state index in [1.807, 2.05) is 50.2 Å². The zero-order valence-electron chi connectivity index (χ0n) is 15.1. The lowest BCUT2D eigenvalue weighted by atomic mass is 10.0. The largest absolute Gasteiger partial charge is 0.489 e. The van der Waals surface area contributed by atoms with E-state index in [9.17, 15) is 4.79 Å². The van der Waals surface area contributed by atoms with Crippen molar-refractivity contribution >= 4 is 11.6 Å². The summed E-state index contributed by atoms with van der Waals surface area (Å²) in [5.74, 6) is 0.557. The molecule has 5 nitrogen and oxygen atoms in total. The number of aryl methyl sites for hydroxylation is 1. The summed E-state index contributed by atoms with van der Waals surface area (Å²) in [5, 5.41) is 6.67. The molecule has 0 atom stereocenters. The standard InChI is InChI=1S/C20H24N2O3/c1-5-21-20(23)19(22-24-4)17-11-7-6-10-16(17)13-25-18-12-8-9-14(2)15(18)3/h6-12H,5,13H2,1-4H3,(H,21,23)/b22-19+. The molecule has 0 aliphatic heterocycles. The molecule has 0 saturated heterocycles. The van der Waals surface area contributed by atoms with Crippen LogP contribution < -0.4 is 10.1 Å². The van der Waals surface area contributed by atoms with E-state index in [1.165, 1.54) is 12.7 Å². The number of oxime groups is 1. The van der Waals surface area contributed by atoms with Crippen LogP contribution >= 0.6 is 0 Å². The highest BCUT2D eigenvalue weighted by Gasteiger charge is 2.18. The van der Waals surface area contributed by atoms with E-state index < -0.39 is 0 Å². The molecule has 25 heavy (non-hydrogen) atoms. The van der Waals surface area contributed by atoms with Crippen molar-refractivity contribution in [3.63, 3.8) is 0 Å². The molecular weight excluding hydrogens is 316 g/mol. The maximum Gasteiger partial charge on any atom is 0.273 e. The van der Waals surface area contributed by atoms with Crippen LogP contribution in [0.4, 0.5) is 0 Å². The number of amides is 1. The Kier molecular flexibility index (Phi) is 6.57. The number of hydrogen-bond acceptors (Lipinski definition) is 4. The zero-order chi connectivity index (χ0) is 18.2. The maximum absolute atomic E-state index is 12.3. The van der Waals surface area contributed by atoms with E-state index in [-0.39, 0.29) is 11.6 Å². The number of ether oxygens (including phenoxy) is 1. The lowest BCUT2D eigenvalue weighted by Crippen LogP contribution is -2.32. The minimum Gasteiger partial charge on any atom is -0.489 e. The normalized spacial score (nSPS) is 11.1. The number of benzene rings is 2. The Bertz CT molecular complexity index is 769. The quantitative estimate of drug-likeness (QED) is 0.621. The molecular formula is C20H24N2O3. The number of hydrogen-bond donors (Lipinski definition) is 1. The predicted molar refractivity (Wildman–Crippen MR) is 98.9 cm³/mol. The summed E-state index contributed by atoms with van der Waals surface area (Å²) in [4.78, 5) is 17.2. The van der Waals surface area contributed by atoms with E-state index in [1.54, 1.807) is 0 Å². The SMILES string of the molecule is CCNC(=O)/C(=N/OC)c1ccccc1COc1cccc(C)c1C. The molecule has 0 unspecified atom stereocenters. The van der Waals surface area contributed by atoms with E-state index >= 15 is 0 Å². The van der Waals surface area contributed by atoms with Crippen molar-refractivity contribution < 1.29 is 14.4 Å². The molecule has 0 heterocycles. The Morgan fingerprint density at radius 2 is 1.88 bits per heavy atom. The van der Waals surface area contributed by atoms with Gasteiger partial charge in [0.2, 0.25) is 0 Å². The number of nitrogens with zero attached hydrogens (tertiary/aromatic N) is 1. The maximum atomic E-state index is 12.3. The van der Waals surface area contributed by atoms with Crippen LogP contribution in [0.2, 0.25) is 0 Å². The summed E-state index contributed by atoms with van der Waals surface area (Å²) in [7, 11) is 1.43. The molecule has 2 aromatic rings. The van der Waals surface area contributed by atoms with Gasteiger partial charge in [0, 0.05) is 12.1 Å². The van der Waals surface area contributed by atoms with Crippen LogP contribution in [0.3, 0.4) is 0 Å². The summed E-state index contributed by atoms with van der Waals surface area (Å²) in [6.07, 6.45) is 0. The Hall–Kier alpha value is -2.82. The molecule has 2 rings (SSSR count). The van der Waals surface area contributed by atoms with Crippen molar-refractivity contribution in [3.8, 4) is 5.75 Å². The number of likely N-dealkylation sites (N-methyl/N-ethyl adjacent to an activating group) is 1. The highest BCUT2D eigenvalue weighted by molar-refractivity contribution is 6.45. The lowest BCUT2D eigenvalue weighted by molar-refractivity contribution is -0.114. The van der Waals surface area contributed by atoms with Crippen LogP contribution in [-0.2, 0) is 16.2 Å². The monoisotopic (exact) mass is 340 g/mol. The third-order valence-corrected chi connectivity index (χ3v) is 3.95. The average molecular weight is 340 g/mol. The first-order chi connectivity index (χ1) is 12.1. The number of carbonyl (C=O) groups is 1. The fourth-order valence-electron chi connectivity index (χ4n) is 2.46. The van der Waals surface area contributed by atoms with E-state index in [0.29, 0.717) is 18.7 Å². The molecule has 132 valence electrons. The molecule has 0 saturated carbocycles. The van der Waals surface area contributed by atoms with Gasteiger partial charge in [-0.2, -0.15) is 0 Å². The van der Waals surface area contributed by atoms with Crippen LogP contribution in [0.15, 0.2) is 47.6 Å². The molecule has 1 N–H and O–H groups in total. The summed E-state index contributed by atoms with van der Waals surface area (Å²) in [6.45, 7) is 6.79. The van der Waals surface area contributed by atoms with E-state index in [2.05, 4.69) is 23.5 Å². The van der Waals surface area contributed by atoms with Crippen molar-refractivity contribution in [2.45, 2.75) is 27.4 Å². The summed E-state index contributed by atoms with van der Waals surface area (Å²) in [6, 6.07) is 13.5. The van der Waals surface area contributed by atoms with E-state index in [4.69, 9.17) is 9.57 Å². The number of nitrogens with one attached hydrogen (secondary N) is 1. The highest BCUT2D eigenvalue weighted by Crippen LogP contribution is 2.22. The molecule has 0 radical (unpaired) electrons. The first-order valence-corrected chi connectivity index (χ1v) is 8.25. The van der Waals surface area contributed by atoms with Gasteiger partial charge in [0.25, 0.3) is 5.91 Å². The first kappa shape index (κ1) is 18.5. The van der Waals surface area contributed by atoms with Gasteiger partial charge in [-0.3, -0.25) is 4.79 Å². The summed E-state index contributed by atoms with van der Waals surface area (Å²) < 4.78 is 5.98. The van der Waals surface area contributed by atoms with Crippen LogP contribution in [0, 0.1) is 13.8 Å². The second-order valence-corrected chi connectivity index (χ2v) is 5.63. The van der Waals surface area contributed by atoms with Crippen molar-refractivity contribution in [3.05, 3.63) is 64.7 Å². The number of rotatable bonds is 7. The van der Waals surface area contributed by atoms with Gasteiger partial charge in [-0.25, -0.2) is 0 Å². The second kappa shape index (κ2) is 8.87. The topological polar surface area (TPSA) is 59.9 Å². The van der Waals surface area contributed by atoms with Crippen LogP contribution in [0.1, 0.15) is 29.2 Å². The molecule has 0 aromatic heterocycles. The summed E-state index contributed by atoms with van der Waals surface area (Å²) >= 11 is 0. The molecule has 0 spiro atoms. The molecule has 0 bridgehead atoms. The smallest absolute Gasteiger partial charge is 0.273 e. The Labute approximate surface area is 148 Å². The Balaban J connectivity index is 2.29. The minimum atomic E-state index is -0.275. The average Bonchev–Trinajstić information content (AvgIpc) is 2.61. The fourth-order valence-corrected chi connectivity index (χ4v) is 2.46. The van der Waals surface area contributed by atoms with Gasteiger partial charge in [-0.15, -0.1) is 0 Å². The predicted octanol–water partition coefficient (Wildman–Crippen LogP) is 3.37. The van der Waals surface area contributed by atoms with Crippen LogP contribution in [0.25, 0.3) is 0 Å². The first-order valence-electron chi connectivity index (χ1n) is 8.25. The van der Waals surface area contributed by atoms with E-state index in [0.717, 1.165) is 16.9 Å². The molecule has 1 amide bonds.